The van der Waals surface area contributed by atoms with Crippen LogP contribution in [0.4, 0.5) is 20.2 Å². The molecular weight excluding hydrogens is 496 g/mol. The molecule has 0 bridgehead atoms. The molecule has 1 heterocycles. The minimum atomic E-state index is -0.547. The lowest BCUT2D eigenvalue weighted by atomic mass is 9.91. The van der Waals surface area contributed by atoms with Crippen molar-refractivity contribution in [1.82, 2.24) is 10.3 Å². The summed E-state index contributed by atoms with van der Waals surface area (Å²) >= 11 is 0. The number of halogens is 2. The molecule has 1 unspecified atom stereocenters. The van der Waals surface area contributed by atoms with Crippen molar-refractivity contribution in [1.29, 1.82) is 0 Å². The van der Waals surface area contributed by atoms with E-state index in [1.54, 1.807) is 18.2 Å². The summed E-state index contributed by atoms with van der Waals surface area (Å²) in [6, 6.07) is 17.1. The van der Waals surface area contributed by atoms with Crippen LogP contribution in [-0.2, 0) is 4.79 Å². The van der Waals surface area contributed by atoms with E-state index in [-0.39, 0.29) is 35.6 Å². The molecule has 1 atom stereocenters. The van der Waals surface area contributed by atoms with Crippen molar-refractivity contribution in [2.45, 2.75) is 57.9 Å². The smallest absolute Gasteiger partial charge is 0.255 e. The number of fused-ring (bicyclic) bond motifs is 1. The Hall–Kier alpha value is -4.13. The molecule has 0 saturated heterocycles. The summed E-state index contributed by atoms with van der Waals surface area (Å²) in [5, 5.41) is 6.86. The Morgan fingerprint density at radius 3 is 2.49 bits per heavy atom. The summed E-state index contributed by atoms with van der Waals surface area (Å²) in [7, 11) is 0. The molecule has 7 heteroatoms. The van der Waals surface area contributed by atoms with Gasteiger partial charge in [0.25, 0.3) is 5.91 Å². The first kappa shape index (κ1) is 26.5. The molecular formula is C32H31F2N3O2. The number of pyridine rings is 1. The number of anilines is 2. The minimum Gasteiger partial charge on any atom is -0.354 e. The van der Waals surface area contributed by atoms with Crippen LogP contribution in [0.1, 0.15) is 67.8 Å². The van der Waals surface area contributed by atoms with E-state index in [1.807, 2.05) is 44.2 Å². The van der Waals surface area contributed by atoms with Gasteiger partial charge in [-0.15, -0.1) is 0 Å². The number of amides is 1. The minimum absolute atomic E-state index is 0.0986. The van der Waals surface area contributed by atoms with Crippen molar-refractivity contribution in [3.63, 3.8) is 0 Å². The van der Waals surface area contributed by atoms with E-state index in [0.29, 0.717) is 39.7 Å². The van der Waals surface area contributed by atoms with Gasteiger partial charge in [0.15, 0.2) is 0 Å². The molecule has 0 radical (unpaired) electrons. The average Bonchev–Trinajstić information content (AvgIpc) is 3.73. The van der Waals surface area contributed by atoms with E-state index < -0.39 is 11.6 Å². The first-order chi connectivity index (χ1) is 18.8. The Balaban J connectivity index is 1.56. The quantitative estimate of drug-likeness (QED) is 0.222. The van der Waals surface area contributed by atoms with Crippen LogP contribution in [0.2, 0.25) is 0 Å². The van der Waals surface area contributed by atoms with E-state index in [9.17, 15) is 9.59 Å². The predicted molar refractivity (Wildman–Crippen MR) is 150 cm³/mol. The van der Waals surface area contributed by atoms with Crippen LogP contribution in [0.5, 0.6) is 0 Å². The average molecular weight is 528 g/mol. The highest BCUT2D eigenvalue weighted by atomic mass is 19.1. The van der Waals surface area contributed by atoms with Crippen LogP contribution in [0.3, 0.4) is 0 Å². The number of benzene rings is 3. The second kappa shape index (κ2) is 11.3. The number of aromatic nitrogens is 1. The highest BCUT2D eigenvalue weighted by molar-refractivity contribution is 6.09. The third kappa shape index (κ3) is 5.98. The molecule has 3 aromatic carbocycles. The van der Waals surface area contributed by atoms with Crippen molar-refractivity contribution >= 4 is 34.0 Å². The highest BCUT2D eigenvalue weighted by Gasteiger charge is 2.26. The Labute approximate surface area is 226 Å². The molecule has 1 aliphatic carbocycles. The van der Waals surface area contributed by atoms with Crippen molar-refractivity contribution in [2.24, 2.45) is 0 Å². The number of hydrogen-bond donors (Lipinski definition) is 2. The number of nitrogens with one attached hydrogen (secondary N) is 2. The van der Waals surface area contributed by atoms with Gasteiger partial charge in [-0.3, -0.25) is 14.6 Å². The summed E-state index contributed by atoms with van der Waals surface area (Å²) in [4.78, 5) is 29.6. The van der Waals surface area contributed by atoms with Gasteiger partial charge in [0, 0.05) is 47.8 Å². The highest BCUT2D eigenvalue weighted by Crippen LogP contribution is 2.36. The summed E-state index contributed by atoms with van der Waals surface area (Å²) in [6.07, 6.45) is 4.84. The number of carbonyl (C=O) groups is 2. The lowest BCUT2D eigenvalue weighted by Crippen LogP contribution is -2.26. The van der Waals surface area contributed by atoms with Crippen molar-refractivity contribution in [3.05, 3.63) is 89.6 Å². The summed E-state index contributed by atoms with van der Waals surface area (Å²) in [6.45, 7) is 3.76. The molecule has 0 spiro atoms. The predicted octanol–water partition coefficient (Wildman–Crippen LogP) is 7.68. The molecule has 1 amide bonds. The van der Waals surface area contributed by atoms with E-state index in [4.69, 9.17) is 0 Å². The van der Waals surface area contributed by atoms with Gasteiger partial charge in [-0.1, -0.05) is 44.2 Å². The maximum atomic E-state index is 15.3. The maximum Gasteiger partial charge on any atom is 0.255 e. The standard InChI is InChI=1S/C32H31F2N3O2/c1-3-7-23(38)14-19(2)24-13-10-20(15-28(24)33)25-16-26-30(17-29(25)34)35-18-27(32(39)37-22-11-12-22)31(26)36-21-8-5-4-6-9-21/h4-6,8-10,13,15-19,22H,3,7,11-12,14H2,1-2H3,(H,35,36)(H,37,39). The molecule has 39 heavy (non-hydrogen) atoms. The molecule has 5 nitrogen and oxygen atoms in total. The van der Waals surface area contributed by atoms with Crippen LogP contribution >= 0.6 is 0 Å². The van der Waals surface area contributed by atoms with Crippen molar-refractivity contribution in [3.8, 4) is 11.1 Å². The molecule has 1 saturated carbocycles. The molecule has 2 N–H and O–H groups in total. The lowest BCUT2D eigenvalue weighted by Gasteiger charge is -2.17. The van der Waals surface area contributed by atoms with Crippen LogP contribution in [-0.4, -0.2) is 22.7 Å². The number of Topliss-reactive ketones (excluding diaryl/α,β-unsaturated/α-hetero) is 1. The molecule has 200 valence electrons. The molecule has 0 aliphatic heterocycles. The van der Waals surface area contributed by atoms with Gasteiger partial charge < -0.3 is 10.6 Å². The fraction of sp³-hybridized carbons (Fsp3) is 0.281. The zero-order valence-electron chi connectivity index (χ0n) is 22.1. The van der Waals surface area contributed by atoms with Gasteiger partial charge in [-0.25, -0.2) is 8.78 Å². The first-order valence-corrected chi connectivity index (χ1v) is 13.4. The number of para-hydroxylation sites is 1. The maximum absolute atomic E-state index is 15.3. The number of ketones is 1. The summed E-state index contributed by atoms with van der Waals surface area (Å²) < 4.78 is 30.6. The Morgan fingerprint density at radius 2 is 1.79 bits per heavy atom. The fourth-order valence-corrected chi connectivity index (χ4v) is 4.82. The number of rotatable bonds is 10. The fourth-order valence-electron chi connectivity index (χ4n) is 4.82. The molecule has 4 aromatic rings. The number of hydrogen-bond acceptors (Lipinski definition) is 4. The Morgan fingerprint density at radius 1 is 1.03 bits per heavy atom. The van der Waals surface area contributed by atoms with Gasteiger partial charge in [-0.2, -0.15) is 0 Å². The van der Waals surface area contributed by atoms with Gasteiger partial charge in [-0.05, 0) is 60.6 Å². The number of carbonyl (C=O) groups excluding carboxylic acids is 2. The van der Waals surface area contributed by atoms with Crippen LogP contribution in [0, 0.1) is 11.6 Å². The molecule has 1 fully saturated rings. The first-order valence-electron chi connectivity index (χ1n) is 13.4. The summed E-state index contributed by atoms with van der Waals surface area (Å²) in [5.41, 5.74) is 2.97. The van der Waals surface area contributed by atoms with Crippen LogP contribution in [0.25, 0.3) is 22.0 Å². The second-order valence-corrected chi connectivity index (χ2v) is 10.3. The summed E-state index contributed by atoms with van der Waals surface area (Å²) in [5.74, 6) is -1.46. The van der Waals surface area contributed by atoms with Crippen molar-refractivity contribution in [2.75, 3.05) is 5.32 Å². The zero-order chi connectivity index (χ0) is 27.5. The molecule has 1 aliphatic rings. The SMILES string of the molecule is CCCC(=O)CC(C)c1ccc(-c2cc3c(Nc4ccccc4)c(C(=O)NC4CC4)cnc3cc2F)cc1F. The van der Waals surface area contributed by atoms with E-state index in [0.717, 1.165) is 24.9 Å². The Kier molecular flexibility index (Phi) is 7.68. The van der Waals surface area contributed by atoms with Crippen LogP contribution in [0.15, 0.2) is 66.9 Å². The van der Waals surface area contributed by atoms with Crippen molar-refractivity contribution < 1.29 is 18.4 Å². The molecule has 5 rings (SSSR count). The normalized spacial score (nSPS) is 13.7. The second-order valence-electron chi connectivity index (χ2n) is 10.3. The largest absolute Gasteiger partial charge is 0.354 e. The lowest BCUT2D eigenvalue weighted by molar-refractivity contribution is -0.119. The van der Waals surface area contributed by atoms with Crippen LogP contribution < -0.4 is 10.6 Å². The third-order valence-electron chi connectivity index (χ3n) is 7.06. The molecule has 1 aromatic heterocycles. The van der Waals surface area contributed by atoms with Gasteiger partial charge in [0.2, 0.25) is 0 Å². The topological polar surface area (TPSA) is 71.1 Å². The van der Waals surface area contributed by atoms with Gasteiger partial charge in [0.1, 0.15) is 17.4 Å². The number of nitrogens with zero attached hydrogens (tertiary/aromatic N) is 1. The van der Waals surface area contributed by atoms with E-state index >= 15 is 8.78 Å². The van der Waals surface area contributed by atoms with E-state index in [2.05, 4.69) is 15.6 Å². The monoisotopic (exact) mass is 527 g/mol. The Bertz CT molecular complexity index is 1530. The van der Waals surface area contributed by atoms with Gasteiger partial charge in [0.05, 0.1) is 16.8 Å². The third-order valence-corrected chi connectivity index (χ3v) is 7.06. The van der Waals surface area contributed by atoms with Gasteiger partial charge >= 0.3 is 0 Å². The zero-order valence-corrected chi connectivity index (χ0v) is 22.1. The van der Waals surface area contributed by atoms with E-state index in [1.165, 1.54) is 18.3 Å².